The standard InChI is InChI=1S/C11H10N2O2/c1-12-8-10(13(14)15)7-11(12)9-5-3-2-4-6-9/h2-8H,1H3. The lowest BCUT2D eigenvalue weighted by Crippen LogP contribution is -1.88. The molecule has 1 aromatic carbocycles. The van der Waals surface area contributed by atoms with E-state index in [1.54, 1.807) is 17.7 Å². The van der Waals surface area contributed by atoms with Crippen LogP contribution in [0.5, 0.6) is 0 Å². The average molecular weight is 202 g/mol. The molecule has 0 aliphatic rings. The molecule has 0 radical (unpaired) electrons. The summed E-state index contributed by atoms with van der Waals surface area (Å²) in [5, 5.41) is 10.6. The molecule has 4 nitrogen and oxygen atoms in total. The molecule has 0 spiro atoms. The first kappa shape index (κ1) is 9.45. The number of benzene rings is 1. The summed E-state index contributed by atoms with van der Waals surface area (Å²) in [5.74, 6) is 0. The molecule has 0 unspecified atom stereocenters. The number of hydrogen-bond acceptors (Lipinski definition) is 2. The first-order valence-electron chi connectivity index (χ1n) is 4.54. The zero-order valence-corrected chi connectivity index (χ0v) is 8.25. The lowest BCUT2D eigenvalue weighted by Gasteiger charge is -2.00. The van der Waals surface area contributed by atoms with E-state index in [1.165, 1.54) is 6.20 Å². The molecule has 0 aliphatic heterocycles. The number of aryl methyl sites for hydroxylation is 1. The Morgan fingerprint density at radius 1 is 1.27 bits per heavy atom. The zero-order valence-electron chi connectivity index (χ0n) is 8.25. The van der Waals surface area contributed by atoms with Crippen molar-refractivity contribution in [2.24, 2.45) is 7.05 Å². The highest BCUT2D eigenvalue weighted by molar-refractivity contribution is 5.63. The largest absolute Gasteiger partial charge is 0.344 e. The summed E-state index contributed by atoms with van der Waals surface area (Å²) >= 11 is 0. The fourth-order valence-electron chi connectivity index (χ4n) is 1.54. The van der Waals surface area contributed by atoms with Crippen LogP contribution in [-0.2, 0) is 7.05 Å². The van der Waals surface area contributed by atoms with Crippen LogP contribution in [0.25, 0.3) is 11.3 Å². The summed E-state index contributed by atoms with van der Waals surface area (Å²) in [7, 11) is 1.80. The second kappa shape index (κ2) is 3.57. The zero-order chi connectivity index (χ0) is 10.8. The van der Waals surface area contributed by atoms with Crippen molar-refractivity contribution in [3.63, 3.8) is 0 Å². The van der Waals surface area contributed by atoms with Gasteiger partial charge < -0.3 is 4.57 Å². The molecule has 0 atom stereocenters. The molecule has 2 aromatic rings. The van der Waals surface area contributed by atoms with Crippen LogP contribution in [-0.4, -0.2) is 9.49 Å². The van der Waals surface area contributed by atoms with Gasteiger partial charge in [0.2, 0.25) is 0 Å². The van der Waals surface area contributed by atoms with Crippen molar-refractivity contribution in [2.45, 2.75) is 0 Å². The Kier molecular flexibility index (Phi) is 2.25. The minimum Gasteiger partial charge on any atom is -0.344 e. The van der Waals surface area contributed by atoms with E-state index in [-0.39, 0.29) is 10.6 Å². The number of rotatable bonds is 2. The van der Waals surface area contributed by atoms with Crippen LogP contribution in [0, 0.1) is 10.1 Å². The van der Waals surface area contributed by atoms with E-state index in [0.29, 0.717) is 0 Å². The Labute approximate surface area is 86.9 Å². The molecule has 0 amide bonds. The minimum atomic E-state index is -0.383. The summed E-state index contributed by atoms with van der Waals surface area (Å²) in [6, 6.07) is 11.2. The van der Waals surface area contributed by atoms with Gasteiger partial charge >= 0.3 is 0 Å². The SMILES string of the molecule is Cn1cc([N+](=O)[O-])cc1-c1ccccc1. The summed E-state index contributed by atoms with van der Waals surface area (Å²) in [6.45, 7) is 0. The highest BCUT2D eigenvalue weighted by Gasteiger charge is 2.12. The smallest absolute Gasteiger partial charge is 0.287 e. The van der Waals surface area contributed by atoms with E-state index in [2.05, 4.69) is 0 Å². The van der Waals surface area contributed by atoms with Gasteiger partial charge in [-0.05, 0) is 5.56 Å². The molecule has 15 heavy (non-hydrogen) atoms. The Hall–Kier alpha value is -2.10. The van der Waals surface area contributed by atoms with Crippen LogP contribution < -0.4 is 0 Å². The second-order valence-corrected chi connectivity index (χ2v) is 3.32. The molecule has 2 rings (SSSR count). The molecular formula is C11H10N2O2. The van der Waals surface area contributed by atoms with Crippen LogP contribution in [0.1, 0.15) is 0 Å². The Bertz CT molecular complexity index is 489. The van der Waals surface area contributed by atoms with Crippen molar-refractivity contribution in [1.82, 2.24) is 4.57 Å². The lowest BCUT2D eigenvalue weighted by atomic mass is 10.1. The van der Waals surface area contributed by atoms with Crippen molar-refractivity contribution in [1.29, 1.82) is 0 Å². The third kappa shape index (κ3) is 1.74. The number of hydrogen-bond donors (Lipinski definition) is 0. The van der Waals surface area contributed by atoms with Crippen LogP contribution in [0.15, 0.2) is 42.6 Å². The van der Waals surface area contributed by atoms with Gasteiger partial charge in [0.25, 0.3) is 5.69 Å². The van der Waals surface area contributed by atoms with Gasteiger partial charge in [-0.3, -0.25) is 10.1 Å². The topological polar surface area (TPSA) is 48.1 Å². The average Bonchev–Trinajstić information content (AvgIpc) is 2.62. The second-order valence-electron chi connectivity index (χ2n) is 3.32. The van der Waals surface area contributed by atoms with Gasteiger partial charge in [0.1, 0.15) is 0 Å². The first-order chi connectivity index (χ1) is 7.18. The predicted octanol–water partition coefficient (Wildman–Crippen LogP) is 2.60. The van der Waals surface area contributed by atoms with Crippen molar-refractivity contribution in [2.75, 3.05) is 0 Å². The van der Waals surface area contributed by atoms with Crippen molar-refractivity contribution in [3.8, 4) is 11.3 Å². The maximum Gasteiger partial charge on any atom is 0.287 e. The van der Waals surface area contributed by atoms with Crippen LogP contribution in [0.2, 0.25) is 0 Å². The summed E-state index contributed by atoms with van der Waals surface area (Å²) in [6.07, 6.45) is 1.52. The van der Waals surface area contributed by atoms with E-state index >= 15 is 0 Å². The van der Waals surface area contributed by atoms with Crippen LogP contribution in [0.4, 0.5) is 5.69 Å². The maximum atomic E-state index is 10.6. The van der Waals surface area contributed by atoms with Crippen LogP contribution >= 0.6 is 0 Å². The quantitative estimate of drug-likeness (QED) is 0.555. The molecule has 1 heterocycles. The number of nitrogens with zero attached hydrogens (tertiary/aromatic N) is 2. The third-order valence-electron chi connectivity index (χ3n) is 2.27. The minimum absolute atomic E-state index is 0.122. The molecule has 0 bridgehead atoms. The van der Waals surface area contributed by atoms with E-state index in [4.69, 9.17) is 0 Å². The van der Waals surface area contributed by atoms with Gasteiger partial charge in [-0.15, -0.1) is 0 Å². The monoisotopic (exact) mass is 202 g/mol. The maximum absolute atomic E-state index is 10.6. The first-order valence-corrected chi connectivity index (χ1v) is 4.54. The molecule has 76 valence electrons. The molecular weight excluding hydrogens is 192 g/mol. The molecule has 0 saturated heterocycles. The van der Waals surface area contributed by atoms with Gasteiger partial charge in [-0.2, -0.15) is 0 Å². The summed E-state index contributed by atoms with van der Waals surface area (Å²) in [5.41, 5.74) is 1.95. The van der Waals surface area contributed by atoms with Gasteiger partial charge in [-0.1, -0.05) is 30.3 Å². The normalized spacial score (nSPS) is 10.2. The van der Waals surface area contributed by atoms with Gasteiger partial charge in [0.15, 0.2) is 0 Å². The van der Waals surface area contributed by atoms with Crippen LogP contribution in [0.3, 0.4) is 0 Å². The Balaban J connectivity index is 2.50. The van der Waals surface area contributed by atoms with Crippen molar-refractivity contribution >= 4 is 5.69 Å². The van der Waals surface area contributed by atoms with Gasteiger partial charge in [-0.25, -0.2) is 0 Å². The molecule has 0 saturated carbocycles. The summed E-state index contributed by atoms with van der Waals surface area (Å²) < 4.78 is 1.76. The third-order valence-corrected chi connectivity index (χ3v) is 2.27. The molecule has 0 N–H and O–H groups in total. The molecule has 0 aliphatic carbocycles. The van der Waals surface area contributed by atoms with Gasteiger partial charge in [0, 0.05) is 13.1 Å². The van der Waals surface area contributed by atoms with Gasteiger partial charge in [0.05, 0.1) is 16.8 Å². The molecule has 1 aromatic heterocycles. The van der Waals surface area contributed by atoms with E-state index in [1.807, 2.05) is 30.3 Å². The summed E-state index contributed by atoms with van der Waals surface area (Å²) in [4.78, 5) is 10.2. The van der Waals surface area contributed by atoms with Crippen molar-refractivity contribution < 1.29 is 4.92 Å². The van der Waals surface area contributed by atoms with Crippen molar-refractivity contribution in [3.05, 3.63) is 52.7 Å². The highest BCUT2D eigenvalue weighted by atomic mass is 16.6. The Morgan fingerprint density at radius 2 is 1.93 bits per heavy atom. The van der Waals surface area contributed by atoms with E-state index < -0.39 is 0 Å². The lowest BCUT2D eigenvalue weighted by molar-refractivity contribution is -0.384. The fraction of sp³-hybridized carbons (Fsp3) is 0.0909. The predicted molar refractivity (Wildman–Crippen MR) is 57.5 cm³/mol. The fourth-order valence-corrected chi connectivity index (χ4v) is 1.54. The molecule has 0 fully saturated rings. The van der Waals surface area contributed by atoms with E-state index in [0.717, 1.165) is 11.3 Å². The highest BCUT2D eigenvalue weighted by Crippen LogP contribution is 2.24. The van der Waals surface area contributed by atoms with E-state index in [9.17, 15) is 10.1 Å². The molecule has 4 heteroatoms. The number of aromatic nitrogens is 1. The Morgan fingerprint density at radius 3 is 2.47 bits per heavy atom. The number of nitro groups is 1.